The van der Waals surface area contributed by atoms with Crippen molar-refractivity contribution in [2.75, 3.05) is 6.61 Å². The number of nitrogens with zero attached hydrogens (tertiary/aromatic N) is 2. The van der Waals surface area contributed by atoms with Crippen molar-refractivity contribution >= 4 is 34.6 Å². The molecule has 4 rings (SSSR count). The lowest BCUT2D eigenvalue weighted by Crippen LogP contribution is -2.19. The first-order chi connectivity index (χ1) is 14.6. The van der Waals surface area contributed by atoms with Gasteiger partial charge in [0.15, 0.2) is 5.17 Å². The first-order valence-electron chi connectivity index (χ1n) is 9.27. The van der Waals surface area contributed by atoms with E-state index >= 15 is 0 Å². The monoisotopic (exact) mass is 415 g/mol. The van der Waals surface area contributed by atoms with E-state index in [1.54, 1.807) is 24.3 Å². The number of ether oxygens (including phenoxy) is 1. The summed E-state index contributed by atoms with van der Waals surface area (Å²) >= 11 is 1.26. The van der Waals surface area contributed by atoms with Gasteiger partial charge in [-0.15, -0.1) is 0 Å². The number of amidine groups is 1. The number of amides is 1. The molecule has 1 amide bonds. The van der Waals surface area contributed by atoms with Crippen LogP contribution < -0.4 is 10.1 Å². The molecule has 148 valence electrons. The number of nitrogens with one attached hydrogen (secondary N) is 1. The second kappa shape index (κ2) is 8.72. The van der Waals surface area contributed by atoms with Crippen molar-refractivity contribution in [1.29, 1.82) is 5.26 Å². The Morgan fingerprint density at radius 2 is 1.90 bits per heavy atom. The number of rotatable bonds is 5. The van der Waals surface area contributed by atoms with Crippen molar-refractivity contribution in [2.24, 2.45) is 4.99 Å². The zero-order valence-electron chi connectivity index (χ0n) is 16.1. The molecule has 1 fully saturated rings. The Morgan fingerprint density at radius 3 is 2.60 bits per heavy atom. The van der Waals surface area contributed by atoms with Crippen LogP contribution in [0, 0.1) is 11.3 Å². The largest absolute Gasteiger partial charge is 0.494 e. The molecule has 0 spiro atoms. The van der Waals surface area contributed by atoms with Gasteiger partial charge < -0.3 is 14.5 Å². The predicted octanol–water partition coefficient (Wildman–Crippen LogP) is 5.11. The molecule has 30 heavy (non-hydrogen) atoms. The van der Waals surface area contributed by atoms with Crippen LogP contribution in [0.3, 0.4) is 0 Å². The number of nitriles is 1. The Hall–Kier alpha value is -3.76. The minimum atomic E-state index is -0.221. The molecule has 0 saturated carbocycles. The Labute approximate surface area is 177 Å². The molecule has 2 aromatic carbocycles. The van der Waals surface area contributed by atoms with E-state index in [1.807, 2.05) is 49.4 Å². The van der Waals surface area contributed by atoms with Gasteiger partial charge in [0, 0.05) is 11.6 Å². The lowest BCUT2D eigenvalue weighted by Gasteiger charge is -2.02. The fourth-order valence-electron chi connectivity index (χ4n) is 2.81. The zero-order valence-corrected chi connectivity index (χ0v) is 16.9. The van der Waals surface area contributed by atoms with E-state index in [2.05, 4.69) is 16.4 Å². The smallest absolute Gasteiger partial charge is 0.264 e. The van der Waals surface area contributed by atoms with Crippen LogP contribution in [0.5, 0.6) is 5.75 Å². The Balaban J connectivity index is 1.49. The second-order valence-corrected chi connectivity index (χ2v) is 7.33. The molecular formula is C23H17N3O3S. The van der Waals surface area contributed by atoms with Crippen LogP contribution in [-0.2, 0) is 4.79 Å². The predicted molar refractivity (Wildman–Crippen MR) is 117 cm³/mol. The summed E-state index contributed by atoms with van der Waals surface area (Å²) in [5.41, 5.74) is 2.18. The third-order valence-electron chi connectivity index (χ3n) is 4.23. The minimum Gasteiger partial charge on any atom is -0.494 e. The summed E-state index contributed by atoms with van der Waals surface area (Å²) in [6.07, 6.45) is 1.69. The third-order valence-corrected chi connectivity index (χ3v) is 5.14. The third kappa shape index (κ3) is 4.45. The number of hydrogen-bond donors (Lipinski definition) is 1. The highest BCUT2D eigenvalue weighted by Crippen LogP contribution is 2.30. The van der Waals surface area contributed by atoms with E-state index in [1.165, 1.54) is 11.8 Å². The van der Waals surface area contributed by atoms with Crippen LogP contribution in [0.2, 0.25) is 0 Å². The SMILES string of the molecule is CCOc1ccc(N=C2NC(=O)/C(=C/c3ccc(-c4ccc(C#N)cc4)o3)S2)cc1. The summed E-state index contributed by atoms with van der Waals surface area (Å²) in [6.45, 7) is 2.53. The van der Waals surface area contributed by atoms with Crippen molar-refractivity contribution < 1.29 is 13.9 Å². The molecule has 2 heterocycles. The number of aliphatic imine (C=N–C) groups is 1. The van der Waals surface area contributed by atoms with Gasteiger partial charge in [0.1, 0.15) is 17.3 Å². The fourth-order valence-corrected chi connectivity index (χ4v) is 3.63. The van der Waals surface area contributed by atoms with Crippen molar-refractivity contribution in [3.63, 3.8) is 0 Å². The molecule has 0 bridgehead atoms. The van der Waals surface area contributed by atoms with Gasteiger partial charge in [0.05, 0.1) is 28.8 Å². The first kappa shape index (κ1) is 19.6. The van der Waals surface area contributed by atoms with Gasteiger partial charge in [-0.25, -0.2) is 4.99 Å². The Bertz CT molecular complexity index is 1170. The van der Waals surface area contributed by atoms with E-state index in [-0.39, 0.29) is 5.91 Å². The average molecular weight is 415 g/mol. The van der Waals surface area contributed by atoms with E-state index < -0.39 is 0 Å². The Morgan fingerprint density at radius 1 is 1.13 bits per heavy atom. The van der Waals surface area contributed by atoms with E-state index in [4.69, 9.17) is 14.4 Å². The van der Waals surface area contributed by atoms with Crippen LogP contribution in [0.4, 0.5) is 5.69 Å². The number of benzene rings is 2. The highest BCUT2D eigenvalue weighted by atomic mass is 32.2. The number of thioether (sulfide) groups is 1. The summed E-state index contributed by atoms with van der Waals surface area (Å²) in [7, 11) is 0. The molecule has 1 N–H and O–H groups in total. The zero-order chi connectivity index (χ0) is 20.9. The number of carbonyl (C=O) groups excluding carboxylic acids is 1. The van der Waals surface area contributed by atoms with Gasteiger partial charge in [-0.2, -0.15) is 5.26 Å². The topological polar surface area (TPSA) is 87.6 Å². The molecule has 1 aliphatic heterocycles. The lowest BCUT2D eigenvalue weighted by molar-refractivity contribution is -0.115. The normalized spacial score (nSPS) is 15.9. The van der Waals surface area contributed by atoms with Crippen molar-refractivity contribution in [2.45, 2.75) is 6.92 Å². The van der Waals surface area contributed by atoms with Gasteiger partial charge in [-0.1, -0.05) is 0 Å². The van der Waals surface area contributed by atoms with Crippen molar-refractivity contribution in [3.05, 3.63) is 76.9 Å². The molecule has 0 unspecified atom stereocenters. The quantitative estimate of drug-likeness (QED) is 0.585. The molecule has 1 aliphatic rings. The van der Waals surface area contributed by atoms with E-state index in [0.29, 0.717) is 33.8 Å². The summed E-state index contributed by atoms with van der Waals surface area (Å²) in [4.78, 5) is 17.3. The molecule has 1 saturated heterocycles. The highest BCUT2D eigenvalue weighted by Gasteiger charge is 2.24. The average Bonchev–Trinajstić information content (AvgIpc) is 3.36. The highest BCUT2D eigenvalue weighted by molar-refractivity contribution is 8.18. The summed E-state index contributed by atoms with van der Waals surface area (Å²) in [6, 6.07) is 20.2. The number of furan rings is 1. The van der Waals surface area contributed by atoms with Crippen LogP contribution in [0.1, 0.15) is 18.2 Å². The first-order valence-corrected chi connectivity index (χ1v) is 10.1. The molecule has 0 aliphatic carbocycles. The molecule has 1 aromatic heterocycles. The van der Waals surface area contributed by atoms with Gasteiger partial charge in [-0.3, -0.25) is 4.79 Å². The van der Waals surface area contributed by atoms with Gasteiger partial charge >= 0.3 is 0 Å². The molecule has 7 heteroatoms. The second-order valence-electron chi connectivity index (χ2n) is 6.30. The molecule has 0 atom stereocenters. The Kier molecular flexibility index (Phi) is 5.68. The molecular weight excluding hydrogens is 398 g/mol. The maximum absolute atomic E-state index is 12.3. The summed E-state index contributed by atoms with van der Waals surface area (Å²) in [5.74, 6) is 1.79. The number of hydrogen-bond acceptors (Lipinski definition) is 6. The van der Waals surface area contributed by atoms with Gasteiger partial charge in [0.25, 0.3) is 5.91 Å². The number of carbonyl (C=O) groups is 1. The molecule has 0 radical (unpaired) electrons. The van der Waals surface area contributed by atoms with Gasteiger partial charge in [0.2, 0.25) is 0 Å². The summed E-state index contributed by atoms with van der Waals surface area (Å²) < 4.78 is 11.3. The van der Waals surface area contributed by atoms with Crippen LogP contribution >= 0.6 is 11.8 Å². The van der Waals surface area contributed by atoms with E-state index in [9.17, 15) is 4.79 Å². The maximum atomic E-state index is 12.3. The molecule has 6 nitrogen and oxygen atoms in total. The standard InChI is InChI=1S/C23H17N3O3S/c1-2-28-18-9-7-17(8-10-18)25-23-26-22(27)21(30-23)13-19-11-12-20(29-19)16-5-3-15(14-24)4-6-16/h3-13H,2H2,1H3,(H,25,26,27)/b21-13-. The lowest BCUT2D eigenvalue weighted by atomic mass is 10.1. The minimum absolute atomic E-state index is 0.221. The maximum Gasteiger partial charge on any atom is 0.264 e. The van der Waals surface area contributed by atoms with Crippen molar-refractivity contribution in [1.82, 2.24) is 5.32 Å². The van der Waals surface area contributed by atoms with Crippen LogP contribution in [0.15, 0.2) is 75.0 Å². The fraction of sp³-hybridized carbons (Fsp3) is 0.0870. The summed E-state index contributed by atoms with van der Waals surface area (Å²) in [5, 5.41) is 12.2. The van der Waals surface area contributed by atoms with Gasteiger partial charge in [-0.05, 0) is 79.3 Å². The van der Waals surface area contributed by atoms with E-state index in [0.717, 1.165) is 17.0 Å². The van der Waals surface area contributed by atoms with Crippen LogP contribution in [0.25, 0.3) is 17.4 Å². The molecule has 3 aromatic rings. The van der Waals surface area contributed by atoms with Crippen LogP contribution in [-0.4, -0.2) is 17.7 Å². The van der Waals surface area contributed by atoms with Crippen molar-refractivity contribution in [3.8, 4) is 23.1 Å².